The zero-order chi connectivity index (χ0) is 19.0. The van der Waals surface area contributed by atoms with E-state index in [9.17, 15) is 0 Å². The molecule has 0 radical (unpaired) electrons. The molecule has 27 heavy (non-hydrogen) atoms. The van der Waals surface area contributed by atoms with Crippen LogP contribution in [0.2, 0.25) is 0 Å². The molecule has 140 valence electrons. The predicted octanol–water partition coefficient (Wildman–Crippen LogP) is 4.50. The average Bonchev–Trinajstić information content (AvgIpc) is 2.95. The molecular formula is C23H27N3O. The first-order valence-electron chi connectivity index (χ1n) is 9.50. The Labute approximate surface area is 161 Å². The number of ether oxygens (including phenoxy) is 1. The quantitative estimate of drug-likeness (QED) is 0.685. The van der Waals surface area contributed by atoms with Crippen molar-refractivity contribution in [3.8, 4) is 0 Å². The number of allylic oxidation sites excluding steroid dienone is 1. The van der Waals surface area contributed by atoms with Gasteiger partial charge in [0.25, 0.3) is 0 Å². The minimum absolute atomic E-state index is 0.547. The third-order valence-corrected chi connectivity index (χ3v) is 5.43. The minimum Gasteiger partial charge on any atom is -0.378 e. The summed E-state index contributed by atoms with van der Waals surface area (Å²) in [5, 5.41) is 1.38. The summed E-state index contributed by atoms with van der Waals surface area (Å²) in [4.78, 5) is 6.91. The molecule has 0 bridgehead atoms. The van der Waals surface area contributed by atoms with Crippen molar-refractivity contribution in [3.05, 3.63) is 64.6 Å². The number of hydrogen-bond donors (Lipinski definition) is 0. The van der Waals surface area contributed by atoms with Crippen LogP contribution < -0.4 is 0 Å². The lowest BCUT2D eigenvalue weighted by atomic mass is 10.0. The minimum atomic E-state index is 0.547. The van der Waals surface area contributed by atoms with Crippen molar-refractivity contribution in [2.24, 2.45) is 0 Å². The fourth-order valence-electron chi connectivity index (χ4n) is 3.95. The number of hydrogen-bond acceptors (Lipinski definition) is 3. The van der Waals surface area contributed by atoms with Crippen molar-refractivity contribution < 1.29 is 4.74 Å². The molecule has 3 heterocycles. The summed E-state index contributed by atoms with van der Waals surface area (Å²) >= 11 is 0. The number of benzene rings is 1. The number of rotatable bonds is 4. The lowest BCUT2D eigenvalue weighted by Gasteiger charge is -2.23. The summed E-state index contributed by atoms with van der Waals surface area (Å²) in [7, 11) is 3.90. The van der Waals surface area contributed by atoms with Crippen molar-refractivity contribution in [1.29, 1.82) is 0 Å². The fraction of sp³-hybridized carbons (Fsp3) is 0.348. The Kier molecular flexibility index (Phi) is 4.85. The van der Waals surface area contributed by atoms with E-state index in [2.05, 4.69) is 65.8 Å². The highest BCUT2D eigenvalue weighted by Crippen LogP contribution is 2.32. The second-order valence-electron chi connectivity index (χ2n) is 7.59. The van der Waals surface area contributed by atoms with Gasteiger partial charge >= 0.3 is 0 Å². The topological polar surface area (TPSA) is 30.3 Å². The maximum atomic E-state index is 5.16. The first-order valence-corrected chi connectivity index (χ1v) is 9.50. The zero-order valence-corrected chi connectivity index (χ0v) is 16.6. The molecule has 4 heteroatoms. The summed E-state index contributed by atoms with van der Waals surface area (Å²) in [6.07, 6.45) is 5.29. The molecule has 0 N–H and O–H groups in total. The molecule has 1 aliphatic heterocycles. The van der Waals surface area contributed by atoms with Crippen molar-refractivity contribution in [3.63, 3.8) is 0 Å². The van der Waals surface area contributed by atoms with Crippen LogP contribution in [0.4, 0.5) is 0 Å². The summed E-state index contributed by atoms with van der Waals surface area (Å²) in [5.41, 5.74) is 8.84. The second-order valence-corrected chi connectivity index (χ2v) is 7.59. The Morgan fingerprint density at radius 2 is 2.11 bits per heavy atom. The van der Waals surface area contributed by atoms with Crippen molar-refractivity contribution in [2.45, 2.75) is 33.4 Å². The Balaban J connectivity index is 1.80. The van der Waals surface area contributed by atoms with Crippen molar-refractivity contribution in [2.75, 3.05) is 20.7 Å². The highest BCUT2D eigenvalue weighted by atomic mass is 16.5. The Morgan fingerprint density at radius 1 is 1.26 bits per heavy atom. The normalized spacial score (nSPS) is 15.3. The molecule has 1 aliphatic rings. The Bertz CT molecular complexity index is 999. The van der Waals surface area contributed by atoms with E-state index in [1.807, 2.05) is 12.3 Å². The molecule has 0 amide bonds. The van der Waals surface area contributed by atoms with Gasteiger partial charge in [0.2, 0.25) is 0 Å². The van der Waals surface area contributed by atoms with Gasteiger partial charge in [-0.05, 0) is 55.8 Å². The van der Waals surface area contributed by atoms with Gasteiger partial charge in [0.05, 0.1) is 17.8 Å². The number of methoxy groups -OCH3 is 1. The van der Waals surface area contributed by atoms with Gasteiger partial charge in [0.15, 0.2) is 0 Å². The van der Waals surface area contributed by atoms with E-state index in [-0.39, 0.29) is 0 Å². The smallest absolute Gasteiger partial charge is 0.0884 e. The average molecular weight is 361 g/mol. The van der Waals surface area contributed by atoms with Crippen LogP contribution in [0.1, 0.15) is 35.0 Å². The molecule has 0 saturated heterocycles. The van der Waals surface area contributed by atoms with E-state index in [4.69, 9.17) is 4.74 Å². The standard InChI is InChI=1S/C23H27N3O/c1-16-5-8-22-20(11-16)21-14-25(3)10-9-23(21)26(22)13-17(2)18-6-7-19(15-27-4)24-12-18/h5-8,11-13H,9-10,14-15H2,1-4H3/b17-13+. The molecule has 2 aromatic heterocycles. The van der Waals surface area contributed by atoms with Gasteiger partial charge in [-0.2, -0.15) is 0 Å². The lowest BCUT2D eigenvalue weighted by Crippen LogP contribution is -2.26. The van der Waals surface area contributed by atoms with Crippen molar-refractivity contribution >= 4 is 22.7 Å². The maximum absolute atomic E-state index is 5.16. The third-order valence-electron chi connectivity index (χ3n) is 5.43. The van der Waals surface area contributed by atoms with E-state index < -0.39 is 0 Å². The molecule has 0 saturated carbocycles. The SMILES string of the molecule is COCc1ccc(/C(C)=C/n2c3c(c4cc(C)ccc42)CN(C)CC3)cn1. The highest BCUT2D eigenvalue weighted by molar-refractivity contribution is 5.90. The molecule has 0 aliphatic carbocycles. The summed E-state index contributed by atoms with van der Waals surface area (Å²) in [5.74, 6) is 0. The van der Waals surface area contributed by atoms with Gasteiger partial charge < -0.3 is 14.2 Å². The monoisotopic (exact) mass is 361 g/mol. The van der Waals surface area contributed by atoms with Crippen LogP contribution in [-0.4, -0.2) is 35.2 Å². The molecular weight excluding hydrogens is 334 g/mol. The van der Waals surface area contributed by atoms with Crippen molar-refractivity contribution in [1.82, 2.24) is 14.5 Å². The second kappa shape index (κ2) is 7.29. The van der Waals surface area contributed by atoms with E-state index in [1.54, 1.807) is 7.11 Å². The van der Waals surface area contributed by atoms with Crippen LogP contribution in [0.5, 0.6) is 0 Å². The number of fused-ring (bicyclic) bond motifs is 3. The number of pyridine rings is 1. The van der Waals surface area contributed by atoms with Crippen LogP contribution >= 0.6 is 0 Å². The van der Waals surface area contributed by atoms with E-state index in [1.165, 1.54) is 33.3 Å². The largest absolute Gasteiger partial charge is 0.378 e. The van der Waals surface area contributed by atoms with Gasteiger partial charge in [0, 0.05) is 50.1 Å². The Hall–Kier alpha value is -2.43. The molecule has 0 unspecified atom stereocenters. The molecule has 0 fully saturated rings. The van der Waals surface area contributed by atoms with Gasteiger partial charge in [-0.1, -0.05) is 17.7 Å². The number of aromatic nitrogens is 2. The summed E-state index contributed by atoms with van der Waals surface area (Å²) < 4.78 is 7.56. The highest BCUT2D eigenvalue weighted by Gasteiger charge is 2.21. The van der Waals surface area contributed by atoms with Gasteiger partial charge in [0.1, 0.15) is 0 Å². The Morgan fingerprint density at radius 3 is 2.85 bits per heavy atom. The molecule has 0 spiro atoms. The van der Waals surface area contributed by atoms with E-state index >= 15 is 0 Å². The van der Waals surface area contributed by atoms with Crippen LogP contribution in [0, 0.1) is 6.92 Å². The van der Waals surface area contributed by atoms with Crippen LogP contribution in [0.25, 0.3) is 22.7 Å². The fourth-order valence-corrected chi connectivity index (χ4v) is 3.95. The maximum Gasteiger partial charge on any atom is 0.0884 e. The first-order chi connectivity index (χ1) is 13.1. The van der Waals surface area contributed by atoms with Gasteiger partial charge in [-0.15, -0.1) is 0 Å². The molecule has 4 rings (SSSR count). The molecule has 4 nitrogen and oxygen atoms in total. The van der Waals surface area contributed by atoms with Gasteiger partial charge in [-0.25, -0.2) is 0 Å². The van der Waals surface area contributed by atoms with Crippen LogP contribution in [0.3, 0.4) is 0 Å². The number of aryl methyl sites for hydroxylation is 1. The van der Waals surface area contributed by atoms with E-state index in [0.717, 1.165) is 30.8 Å². The summed E-state index contributed by atoms with van der Waals surface area (Å²) in [6, 6.07) is 11.0. The predicted molar refractivity (Wildman–Crippen MR) is 112 cm³/mol. The van der Waals surface area contributed by atoms with Crippen LogP contribution in [0.15, 0.2) is 36.5 Å². The number of likely N-dealkylation sites (N-methyl/N-ethyl adjacent to an activating group) is 1. The zero-order valence-electron chi connectivity index (χ0n) is 16.6. The van der Waals surface area contributed by atoms with E-state index in [0.29, 0.717) is 6.61 Å². The molecule has 0 atom stereocenters. The third kappa shape index (κ3) is 3.43. The van der Waals surface area contributed by atoms with Gasteiger partial charge in [-0.3, -0.25) is 4.98 Å². The summed E-state index contributed by atoms with van der Waals surface area (Å²) in [6.45, 7) is 7.00. The molecule has 3 aromatic rings. The number of nitrogens with zero attached hydrogens (tertiary/aromatic N) is 3. The lowest BCUT2D eigenvalue weighted by molar-refractivity contribution is 0.181. The van der Waals surface area contributed by atoms with Crippen LogP contribution in [-0.2, 0) is 24.3 Å². The first kappa shape index (κ1) is 18.0. The molecule has 1 aromatic carbocycles.